The second-order valence-electron chi connectivity index (χ2n) is 2.28. The van der Waals surface area contributed by atoms with Gasteiger partial charge in [0.15, 0.2) is 0 Å². The van der Waals surface area contributed by atoms with Crippen LogP contribution in [0.4, 0.5) is 20.2 Å². The van der Waals surface area contributed by atoms with Crippen LogP contribution < -0.4 is 11.2 Å². The largest absolute Gasteiger partial charge is 0.391 e. The van der Waals surface area contributed by atoms with Gasteiger partial charge in [-0.05, 0) is 6.07 Å². The first-order valence-corrected chi connectivity index (χ1v) is 3.12. The van der Waals surface area contributed by atoms with Crippen LogP contribution in [0.3, 0.4) is 0 Å². The molecule has 0 atom stereocenters. The second kappa shape index (κ2) is 3.00. The second-order valence-corrected chi connectivity index (χ2v) is 2.28. The highest BCUT2D eigenvalue weighted by Crippen LogP contribution is 2.25. The zero-order valence-electron chi connectivity index (χ0n) is 6.25. The fourth-order valence-electron chi connectivity index (χ4n) is 0.842. The summed E-state index contributed by atoms with van der Waals surface area (Å²) in [6, 6.07) is 0.518. The number of hydrogen-bond acceptors (Lipinski definition) is 3. The molecule has 0 spiro atoms. The molecule has 7 heteroatoms. The molecule has 0 saturated carbocycles. The Balaban J connectivity index is 3.53. The molecule has 0 unspecified atom stereocenters. The molecule has 66 valence electrons. The maximum atomic E-state index is 12.8. The van der Waals surface area contributed by atoms with E-state index in [9.17, 15) is 18.9 Å². The van der Waals surface area contributed by atoms with Gasteiger partial charge in [0, 0.05) is 0 Å². The molecule has 4 nitrogen and oxygen atoms in total. The Labute approximate surface area is 72.9 Å². The van der Waals surface area contributed by atoms with Crippen molar-refractivity contribution in [2.24, 2.45) is 0 Å². The van der Waals surface area contributed by atoms with Gasteiger partial charge in [-0.3, -0.25) is 10.1 Å². The minimum absolute atomic E-state index is 0.518. The third-order valence-electron chi connectivity index (χ3n) is 1.44. The van der Waals surface area contributed by atoms with Crippen molar-refractivity contribution in [3.05, 3.63) is 27.8 Å². The maximum absolute atomic E-state index is 12.8. The van der Waals surface area contributed by atoms with Crippen molar-refractivity contribution in [2.75, 3.05) is 5.73 Å². The molecule has 0 fully saturated rings. The first-order chi connectivity index (χ1) is 5.95. The number of nitrogens with zero attached hydrogens (tertiary/aromatic N) is 1. The van der Waals surface area contributed by atoms with Crippen LogP contribution in [0.25, 0.3) is 0 Å². The summed E-state index contributed by atoms with van der Waals surface area (Å²) >= 11 is 0. The summed E-state index contributed by atoms with van der Waals surface area (Å²) in [4.78, 5) is 9.08. The molecule has 0 amide bonds. The van der Waals surface area contributed by atoms with Gasteiger partial charge in [0.25, 0.3) is 0 Å². The molecular formula is C6H3BF2N2O2. The van der Waals surface area contributed by atoms with Gasteiger partial charge < -0.3 is 5.73 Å². The summed E-state index contributed by atoms with van der Waals surface area (Å²) in [7, 11) is 4.97. The number of benzene rings is 1. The van der Waals surface area contributed by atoms with Crippen LogP contribution in [0.15, 0.2) is 6.07 Å². The first kappa shape index (κ1) is 9.43. The van der Waals surface area contributed by atoms with E-state index in [1.807, 2.05) is 0 Å². The zero-order chi connectivity index (χ0) is 10.2. The van der Waals surface area contributed by atoms with Crippen LogP contribution in [-0.4, -0.2) is 12.8 Å². The number of nitro benzene ring substituents is 1. The lowest BCUT2D eigenvalue weighted by Gasteiger charge is -2.02. The summed E-state index contributed by atoms with van der Waals surface area (Å²) in [5, 5.41) is 10.2. The average Bonchev–Trinajstić information content (AvgIpc) is 1.99. The van der Waals surface area contributed by atoms with Crippen LogP contribution in [0.1, 0.15) is 0 Å². The van der Waals surface area contributed by atoms with Gasteiger partial charge in [0.1, 0.15) is 19.4 Å². The molecule has 1 aromatic carbocycles. The van der Waals surface area contributed by atoms with E-state index in [0.717, 1.165) is 0 Å². The molecule has 0 aliphatic heterocycles. The third-order valence-corrected chi connectivity index (χ3v) is 1.44. The van der Waals surface area contributed by atoms with Gasteiger partial charge >= 0.3 is 5.69 Å². The number of nitro groups is 1. The van der Waals surface area contributed by atoms with Crippen LogP contribution in [0.2, 0.25) is 0 Å². The third kappa shape index (κ3) is 1.44. The number of anilines is 1. The minimum Gasteiger partial charge on any atom is -0.391 e. The van der Waals surface area contributed by atoms with Crippen molar-refractivity contribution in [3.63, 3.8) is 0 Å². The summed E-state index contributed by atoms with van der Waals surface area (Å²) in [6.45, 7) is 0. The maximum Gasteiger partial charge on any atom is 0.330 e. The monoisotopic (exact) mass is 184 g/mol. The number of nitrogen functional groups attached to an aromatic ring is 1. The average molecular weight is 184 g/mol. The Morgan fingerprint density at radius 3 is 2.54 bits per heavy atom. The van der Waals surface area contributed by atoms with E-state index in [1.54, 1.807) is 0 Å². The fraction of sp³-hybridized carbons (Fsp3) is 0. The summed E-state index contributed by atoms with van der Waals surface area (Å²) < 4.78 is 25.6. The smallest absolute Gasteiger partial charge is 0.330 e. The Kier molecular flexibility index (Phi) is 2.18. The van der Waals surface area contributed by atoms with Crippen molar-refractivity contribution in [1.29, 1.82) is 0 Å². The molecule has 0 aromatic heterocycles. The Morgan fingerprint density at radius 2 is 2.08 bits per heavy atom. The lowest BCUT2D eigenvalue weighted by Crippen LogP contribution is -2.15. The van der Waals surface area contributed by atoms with Gasteiger partial charge in [-0.1, -0.05) is 5.46 Å². The van der Waals surface area contributed by atoms with Crippen LogP contribution in [0, 0.1) is 21.7 Å². The first-order valence-electron chi connectivity index (χ1n) is 3.12. The zero-order valence-corrected chi connectivity index (χ0v) is 6.25. The Hall–Kier alpha value is -1.66. The van der Waals surface area contributed by atoms with E-state index < -0.39 is 33.4 Å². The van der Waals surface area contributed by atoms with Crippen molar-refractivity contribution < 1.29 is 13.7 Å². The molecule has 0 bridgehead atoms. The molecule has 13 heavy (non-hydrogen) atoms. The molecule has 0 aliphatic rings. The summed E-state index contributed by atoms with van der Waals surface area (Å²) in [5.74, 6) is -2.42. The van der Waals surface area contributed by atoms with E-state index in [4.69, 9.17) is 13.6 Å². The molecule has 1 aromatic rings. The molecule has 2 N–H and O–H groups in total. The quantitative estimate of drug-likeness (QED) is 0.294. The van der Waals surface area contributed by atoms with Crippen LogP contribution in [-0.2, 0) is 0 Å². The van der Waals surface area contributed by atoms with E-state index in [1.165, 1.54) is 0 Å². The predicted molar refractivity (Wildman–Crippen MR) is 42.8 cm³/mol. The lowest BCUT2D eigenvalue weighted by molar-refractivity contribution is -0.386. The number of rotatable bonds is 1. The molecule has 2 radical (unpaired) electrons. The normalized spacial score (nSPS) is 10.0. The predicted octanol–water partition coefficient (Wildman–Crippen LogP) is 0.249. The minimum atomic E-state index is -1.25. The number of hydrogen-bond donors (Lipinski definition) is 1. The summed E-state index contributed by atoms with van der Waals surface area (Å²) in [5.41, 5.74) is 2.42. The van der Waals surface area contributed by atoms with E-state index in [0.29, 0.717) is 6.07 Å². The van der Waals surface area contributed by atoms with Gasteiger partial charge in [-0.25, -0.2) is 4.39 Å². The highest BCUT2D eigenvalue weighted by atomic mass is 19.1. The van der Waals surface area contributed by atoms with Gasteiger partial charge in [0.2, 0.25) is 5.82 Å². The van der Waals surface area contributed by atoms with E-state index in [-0.39, 0.29) is 0 Å². The van der Waals surface area contributed by atoms with Gasteiger partial charge in [-0.2, -0.15) is 4.39 Å². The highest BCUT2D eigenvalue weighted by Gasteiger charge is 2.23. The molecule has 0 saturated heterocycles. The fourth-order valence-corrected chi connectivity index (χ4v) is 0.842. The van der Waals surface area contributed by atoms with Crippen LogP contribution >= 0.6 is 0 Å². The number of halogens is 2. The van der Waals surface area contributed by atoms with Crippen molar-refractivity contribution in [2.45, 2.75) is 0 Å². The molecule has 0 heterocycles. The van der Waals surface area contributed by atoms with Crippen LogP contribution in [0.5, 0.6) is 0 Å². The topological polar surface area (TPSA) is 69.2 Å². The van der Waals surface area contributed by atoms with E-state index >= 15 is 0 Å². The molecule has 1 rings (SSSR count). The molecular weight excluding hydrogens is 181 g/mol. The molecule has 0 aliphatic carbocycles. The lowest BCUT2D eigenvalue weighted by atomic mass is 9.94. The van der Waals surface area contributed by atoms with Crippen molar-refractivity contribution in [3.8, 4) is 0 Å². The highest BCUT2D eigenvalue weighted by molar-refractivity contribution is 6.33. The Bertz CT molecular complexity index is 383. The van der Waals surface area contributed by atoms with Crippen molar-refractivity contribution >= 4 is 24.7 Å². The van der Waals surface area contributed by atoms with Gasteiger partial charge in [-0.15, -0.1) is 0 Å². The SMILES string of the molecule is [B]c1cc(F)c([N+](=O)[O-])c(N)c1F. The Morgan fingerprint density at radius 1 is 1.54 bits per heavy atom. The van der Waals surface area contributed by atoms with Gasteiger partial charge in [0.05, 0.1) is 4.92 Å². The standard InChI is InChI=1S/C6H3BF2N2O2/c7-2-1-3(8)6(11(12)13)5(10)4(2)9/h1H,10H2. The summed E-state index contributed by atoms with van der Waals surface area (Å²) in [6.07, 6.45) is 0. The van der Waals surface area contributed by atoms with E-state index in [2.05, 4.69) is 0 Å². The van der Waals surface area contributed by atoms with Crippen molar-refractivity contribution in [1.82, 2.24) is 0 Å². The number of nitrogens with two attached hydrogens (primary N) is 1.